The first kappa shape index (κ1) is 16.6. The maximum Gasteiger partial charge on any atom is 0.311 e. The number of ketones is 1. The van der Waals surface area contributed by atoms with Gasteiger partial charge in [0, 0.05) is 11.1 Å². The van der Waals surface area contributed by atoms with Gasteiger partial charge in [0.1, 0.15) is 0 Å². The van der Waals surface area contributed by atoms with Crippen LogP contribution < -0.4 is 0 Å². The maximum absolute atomic E-state index is 13.1. The van der Waals surface area contributed by atoms with Gasteiger partial charge in [-0.05, 0) is 62.8 Å². The zero-order valence-electron chi connectivity index (χ0n) is 15.3. The second kappa shape index (κ2) is 5.58. The Morgan fingerprint density at radius 1 is 1.24 bits per heavy atom. The molecule has 0 unspecified atom stereocenters. The van der Waals surface area contributed by atoms with Gasteiger partial charge in [0.2, 0.25) is 5.78 Å². The normalized spacial score (nSPS) is 34.7. The van der Waals surface area contributed by atoms with E-state index in [-0.39, 0.29) is 23.1 Å². The van der Waals surface area contributed by atoms with Crippen LogP contribution in [-0.4, -0.2) is 18.9 Å². The van der Waals surface area contributed by atoms with E-state index in [9.17, 15) is 9.59 Å². The van der Waals surface area contributed by atoms with Gasteiger partial charge in [-0.1, -0.05) is 18.9 Å². The number of hydrogen-bond acceptors (Lipinski definition) is 4. The highest BCUT2D eigenvalue weighted by molar-refractivity contribution is 6.09. The second-order valence-electron chi connectivity index (χ2n) is 8.33. The summed E-state index contributed by atoms with van der Waals surface area (Å²) < 4.78 is 10.7. The van der Waals surface area contributed by atoms with Gasteiger partial charge < -0.3 is 9.15 Å². The van der Waals surface area contributed by atoms with Crippen molar-refractivity contribution in [2.24, 2.45) is 16.7 Å². The highest BCUT2D eigenvalue weighted by Crippen LogP contribution is 2.61. The average molecular weight is 342 g/mol. The molecule has 0 N–H and O–H groups in total. The molecular weight excluding hydrogens is 316 g/mol. The third kappa shape index (κ3) is 2.19. The number of aryl methyl sites for hydroxylation is 1. The molecule has 1 aromatic rings. The topological polar surface area (TPSA) is 56.5 Å². The molecule has 0 aliphatic heterocycles. The fourth-order valence-electron chi connectivity index (χ4n) is 5.95. The Kier molecular flexibility index (Phi) is 3.71. The molecule has 25 heavy (non-hydrogen) atoms. The van der Waals surface area contributed by atoms with Crippen LogP contribution in [0.3, 0.4) is 0 Å². The van der Waals surface area contributed by atoms with Crippen LogP contribution in [0.25, 0.3) is 0 Å². The van der Waals surface area contributed by atoms with Crippen molar-refractivity contribution in [3.63, 3.8) is 0 Å². The average Bonchev–Trinajstić information content (AvgIpc) is 3.01. The van der Waals surface area contributed by atoms with Gasteiger partial charge in [0.15, 0.2) is 5.76 Å². The van der Waals surface area contributed by atoms with Gasteiger partial charge in [0.05, 0.1) is 18.8 Å². The lowest BCUT2D eigenvalue weighted by molar-refractivity contribution is -0.163. The molecule has 0 aromatic carbocycles. The highest BCUT2D eigenvalue weighted by atomic mass is 16.5. The summed E-state index contributed by atoms with van der Waals surface area (Å²) in [6, 6.07) is 1.92. The van der Waals surface area contributed by atoms with E-state index in [1.165, 1.54) is 12.7 Å². The summed E-state index contributed by atoms with van der Waals surface area (Å²) in [5, 5.41) is 0. The quantitative estimate of drug-likeness (QED) is 0.706. The van der Waals surface area contributed by atoms with Gasteiger partial charge in [-0.15, -0.1) is 0 Å². The van der Waals surface area contributed by atoms with E-state index in [1.54, 1.807) is 6.26 Å². The van der Waals surface area contributed by atoms with Gasteiger partial charge in [0.25, 0.3) is 0 Å². The molecule has 4 heteroatoms. The molecule has 1 fully saturated rings. The summed E-state index contributed by atoms with van der Waals surface area (Å²) in [6.07, 6.45) is 7.85. The fraction of sp³-hybridized carbons (Fsp3) is 0.619. The fourth-order valence-corrected chi connectivity index (χ4v) is 5.95. The lowest BCUT2D eigenvalue weighted by atomic mass is 9.49. The number of esters is 1. The molecule has 0 radical (unpaired) electrons. The Balaban J connectivity index is 1.80. The van der Waals surface area contributed by atoms with Gasteiger partial charge in [-0.2, -0.15) is 0 Å². The highest BCUT2D eigenvalue weighted by Gasteiger charge is 2.57. The molecular formula is C21H26O4. The van der Waals surface area contributed by atoms with E-state index in [1.807, 2.05) is 6.07 Å². The lowest BCUT2D eigenvalue weighted by Crippen LogP contribution is -2.51. The lowest BCUT2D eigenvalue weighted by Gasteiger charge is -2.54. The van der Waals surface area contributed by atoms with Crippen LogP contribution >= 0.6 is 0 Å². The zero-order valence-corrected chi connectivity index (χ0v) is 15.3. The first-order valence-electron chi connectivity index (χ1n) is 9.34. The van der Waals surface area contributed by atoms with Crippen molar-refractivity contribution < 1.29 is 18.7 Å². The molecule has 0 amide bonds. The Bertz CT molecular complexity index is 771. The number of methoxy groups -OCH3 is 1. The molecule has 3 atom stereocenters. The number of Topliss-reactive ketones (excluding diaryl/α,β-unsaturated/α-hetero) is 1. The van der Waals surface area contributed by atoms with Crippen LogP contribution in [0, 0.1) is 16.7 Å². The predicted molar refractivity (Wildman–Crippen MR) is 93.2 cm³/mol. The minimum atomic E-state index is -0.456. The van der Waals surface area contributed by atoms with E-state index in [4.69, 9.17) is 9.15 Å². The van der Waals surface area contributed by atoms with Crippen molar-refractivity contribution >= 4 is 11.8 Å². The number of allylic oxidation sites excluding steroid dienone is 2. The molecule has 4 rings (SSSR count). The number of carbonyl (C=O) groups excluding carboxylic acids is 2. The van der Waals surface area contributed by atoms with Crippen molar-refractivity contribution in [3.8, 4) is 0 Å². The Labute approximate surface area is 148 Å². The van der Waals surface area contributed by atoms with Gasteiger partial charge in [-0.25, -0.2) is 0 Å². The summed E-state index contributed by atoms with van der Waals surface area (Å²) in [5.41, 5.74) is 2.68. The van der Waals surface area contributed by atoms with E-state index >= 15 is 0 Å². The Morgan fingerprint density at radius 3 is 2.80 bits per heavy atom. The summed E-state index contributed by atoms with van der Waals surface area (Å²) in [6.45, 7) is 4.34. The number of ether oxygens (including phenoxy) is 1. The first-order chi connectivity index (χ1) is 11.9. The maximum atomic E-state index is 13.1. The van der Waals surface area contributed by atoms with Crippen LogP contribution in [-0.2, 0) is 16.0 Å². The van der Waals surface area contributed by atoms with Crippen LogP contribution in [0.4, 0.5) is 0 Å². The number of rotatable bonds is 1. The molecule has 0 bridgehead atoms. The molecule has 1 aromatic heterocycles. The van der Waals surface area contributed by atoms with Crippen LogP contribution in [0.2, 0.25) is 0 Å². The monoisotopic (exact) mass is 342 g/mol. The smallest absolute Gasteiger partial charge is 0.311 e. The number of furan rings is 1. The molecule has 1 heterocycles. The number of carbonyl (C=O) groups is 2. The molecule has 0 spiro atoms. The predicted octanol–water partition coefficient (Wildman–Crippen LogP) is 4.48. The summed E-state index contributed by atoms with van der Waals surface area (Å²) in [4.78, 5) is 25.7. The van der Waals surface area contributed by atoms with Crippen molar-refractivity contribution in [3.05, 3.63) is 34.8 Å². The van der Waals surface area contributed by atoms with Gasteiger partial charge in [-0.3, -0.25) is 9.59 Å². The van der Waals surface area contributed by atoms with E-state index in [0.717, 1.165) is 56.1 Å². The van der Waals surface area contributed by atoms with Crippen molar-refractivity contribution in [1.29, 1.82) is 0 Å². The molecule has 3 aliphatic rings. The standard InChI is InChI=1S/C21H26O4/c1-20-10-4-11-21(2,19(23)24-3)16(20)8-6-14-15(20)7-5-13-9-12-25-18(13)17(14)22/h9,12,16H,4-8,10-11H2,1-3H3/t16-,20-,21-/m1/s1. The Hall–Kier alpha value is -1.84. The molecule has 3 aliphatic carbocycles. The van der Waals surface area contributed by atoms with Crippen LogP contribution in [0.15, 0.2) is 27.9 Å². The van der Waals surface area contributed by atoms with E-state index in [2.05, 4.69) is 13.8 Å². The summed E-state index contributed by atoms with van der Waals surface area (Å²) in [5.74, 6) is 0.729. The van der Waals surface area contributed by atoms with E-state index in [0.29, 0.717) is 5.76 Å². The number of fused-ring (bicyclic) bond motifs is 3. The third-order valence-electron chi connectivity index (χ3n) is 7.19. The molecule has 1 saturated carbocycles. The van der Waals surface area contributed by atoms with Crippen LogP contribution in [0.5, 0.6) is 0 Å². The first-order valence-corrected chi connectivity index (χ1v) is 9.34. The summed E-state index contributed by atoms with van der Waals surface area (Å²) in [7, 11) is 1.49. The zero-order chi connectivity index (χ0) is 17.8. The van der Waals surface area contributed by atoms with Crippen molar-refractivity contribution in [2.75, 3.05) is 7.11 Å². The van der Waals surface area contributed by atoms with Gasteiger partial charge >= 0.3 is 5.97 Å². The Morgan fingerprint density at radius 2 is 2.04 bits per heavy atom. The molecule has 0 saturated heterocycles. The molecule has 4 nitrogen and oxygen atoms in total. The third-order valence-corrected chi connectivity index (χ3v) is 7.19. The summed E-state index contributed by atoms with van der Waals surface area (Å²) >= 11 is 0. The second-order valence-corrected chi connectivity index (χ2v) is 8.33. The largest absolute Gasteiger partial charge is 0.469 e. The van der Waals surface area contributed by atoms with Crippen molar-refractivity contribution in [1.82, 2.24) is 0 Å². The van der Waals surface area contributed by atoms with Crippen LogP contribution in [0.1, 0.15) is 68.5 Å². The SMILES string of the molecule is COC(=O)[C@]1(C)CCC[C@]2(C)C3=C(CC[C@@H]12)C(=O)c1occc1CC3. The number of hydrogen-bond donors (Lipinski definition) is 0. The van der Waals surface area contributed by atoms with E-state index < -0.39 is 5.41 Å². The van der Waals surface area contributed by atoms with Crippen molar-refractivity contribution in [2.45, 2.75) is 58.8 Å². The minimum Gasteiger partial charge on any atom is -0.469 e. The molecule has 134 valence electrons. The minimum absolute atomic E-state index is 0.0671.